The number of pyridine rings is 1. The maximum absolute atomic E-state index is 12.2. The van der Waals surface area contributed by atoms with Crippen LogP contribution < -0.4 is 0 Å². The van der Waals surface area contributed by atoms with Gasteiger partial charge in [0, 0.05) is 6.20 Å². The molecule has 0 aliphatic rings. The lowest BCUT2D eigenvalue weighted by molar-refractivity contribution is -0.238. The second-order valence-electron chi connectivity index (χ2n) is 4.38. The fraction of sp³-hybridized carbons (Fsp3) is 0.467. The number of hydrogen-bond donors (Lipinski definition) is 1. The number of nitriles is 1. The van der Waals surface area contributed by atoms with Crippen molar-refractivity contribution in [2.24, 2.45) is 0 Å². The predicted octanol–water partition coefficient (Wildman–Crippen LogP) is 5.24. The molecule has 1 rings (SSSR count). The van der Waals surface area contributed by atoms with Gasteiger partial charge in [0.15, 0.2) is 5.60 Å². The second kappa shape index (κ2) is 11.0. The van der Waals surface area contributed by atoms with Crippen LogP contribution in [0.1, 0.15) is 26.3 Å². The molecule has 0 aliphatic heterocycles. The molecular weight excluding hydrogens is 434 g/mol. The van der Waals surface area contributed by atoms with Gasteiger partial charge >= 0.3 is 12.4 Å². The summed E-state index contributed by atoms with van der Waals surface area (Å²) in [6.45, 7) is 1.78. The maximum Gasteiger partial charge on any atom is 0.422 e. The second-order valence-corrected chi connectivity index (χ2v) is 5.19. The van der Waals surface area contributed by atoms with Crippen molar-refractivity contribution < 1.29 is 36.2 Å². The molecule has 1 heterocycles. The van der Waals surface area contributed by atoms with Gasteiger partial charge in [-0.05, 0) is 41.1 Å². The van der Waals surface area contributed by atoms with Gasteiger partial charge in [0.1, 0.15) is 4.60 Å². The molecule has 0 fully saturated rings. The molecule has 0 spiro atoms. The number of nitrogens with zero attached hydrogens (tertiary/aromatic N) is 2. The monoisotopic (exact) mass is 450 g/mol. The van der Waals surface area contributed by atoms with Gasteiger partial charge in [0.2, 0.25) is 0 Å². The first-order valence-corrected chi connectivity index (χ1v) is 7.30. The number of halogens is 7. The summed E-state index contributed by atoms with van der Waals surface area (Å²) in [7, 11) is 0. The molecule has 1 unspecified atom stereocenters. The third-order valence-electron chi connectivity index (χ3n) is 2.50. The molecule has 0 aromatic carbocycles. The average Bonchev–Trinajstić information content (AvgIpc) is 2.46. The van der Waals surface area contributed by atoms with E-state index in [-0.39, 0.29) is 18.6 Å². The van der Waals surface area contributed by atoms with E-state index in [0.717, 1.165) is 24.6 Å². The van der Waals surface area contributed by atoms with Crippen molar-refractivity contribution >= 4 is 15.9 Å². The first-order chi connectivity index (χ1) is 11.4. The lowest BCUT2D eigenvalue weighted by atomic mass is 10.0. The third kappa shape index (κ3) is 9.05. The number of aromatic nitrogens is 1. The fourth-order valence-electron chi connectivity index (χ4n) is 1.21. The van der Waals surface area contributed by atoms with Crippen molar-refractivity contribution in [3.8, 4) is 6.07 Å². The van der Waals surface area contributed by atoms with Crippen LogP contribution in [0.4, 0.5) is 26.3 Å². The lowest BCUT2D eigenvalue weighted by Crippen LogP contribution is -2.43. The molecule has 0 aliphatic carbocycles. The van der Waals surface area contributed by atoms with Gasteiger partial charge in [-0.1, -0.05) is 7.43 Å². The predicted molar refractivity (Wildman–Crippen MR) is 85.7 cm³/mol. The molecule has 0 bridgehead atoms. The van der Waals surface area contributed by atoms with Crippen LogP contribution in [0.2, 0.25) is 0 Å². The number of rotatable bonds is 4. The highest BCUT2D eigenvalue weighted by molar-refractivity contribution is 9.10. The minimum absolute atomic E-state index is 0. The van der Waals surface area contributed by atoms with E-state index in [1.807, 2.05) is 0 Å². The molecule has 11 heteroatoms. The van der Waals surface area contributed by atoms with Crippen molar-refractivity contribution in [3.63, 3.8) is 0 Å². The van der Waals surface area contributed by atoms with Crippen LogP contribution in [0, 0.1) is 11.3 Å². The first-order valence-electron chi connectivity index (χ1n) is 6.51. The highest BCUT2D eigenvalue weighted by Gasteiger charge is 2.52. The number of aliphatic hydroxyl groups is 1. The van der Waals surface area contributed by atoms with E-state index in [0.29, 0.717) is 6.08 Å². The summed E-state index contributed by atoms with van der Waals surface area (Å²) in [5, 5.41) is 17.2. The van der Waals surface area contributed by atoms with E-state index in [9.17, 15) is 26.3 Å². The molecular formula is C15H17BrF6N2O2. The van der Waals surface area contributed by atoms with E-state index >= 15 is 0 Å². The van der Waals surface area contributed by atoms with E-state index in [1.54, 1.807) is 6.92 Å². The Morgan fingerprint density at radius 3 is 2.23 bits per heavy atom. The maximum atomic E-state index is 12.2. The van der Waals surface area contributed by atoms with Crippen LogP contribution in [0.3, 0.4) is 0 Å². The first kappa shape index (κ1) is 26.4. The summed E-state index contributed by atoms with van der Waals surface area (Å²) in [4.78, 5) is 3.57. The van der Waals surface area contributed by atoms with Gasteiger partial charge in [0.05, 0.1) is 30.9 Å². The van der Waals surface area contributed by atoms with Crippen LogP contribution in [-0.4, -0.2) is 28.5 Å². The molecule has 0 saturated heterocycles. The largest absolute Gasteiger partial charge is 0.502 e. The van der Waals surface area contributed by atoms with Crippen molar-refractivity contribution in [3.05, 3.63) is 40.8 Å². The Kier molecular flexibility index (Phi) is 11.2. The molecule has 0 saturated carbocycles. The van der Waals surface area contributed by atoms with Gasteiger partial charge in [-0.2, -0.15) is 31.6 Å². The molecule has 0 radical (unpaired) electrons. The van der Waals surface area contributed by atoms with Crippen LogP contribution >= 0.6 is 15.9 Å². The van der Waals surface area contributed by atoms with E-state index in [4.69, 9.17) is 10.4 Å². The highest BCUT2D eigenvalue weighted by Crippen LogP contribution is 2.34. The summed E-state index contributed by atoms with van der Waals surface area (Å²) < 4.78 is 77.1. The number of alkyl halides is 6. The number of hydrogen-bond acceptors (Lipinski definition) is 4. The molecule has 1 aromatic heterocycles. The molecule has 1 aromatic rings. The summed E-state index contributed by atoms with van der Waals surface area (Å²) in [6.07, 6.45) is -7.95. The van der Waals surface area contributed by atoms with Gasteiger partial charge in [0.25, 0.3) is 0 Å². The van der Waals surface area contributed by atoms with Gasteiger partial charge < -0.3 is 9.84 Å². The third-order valence-corrected chi connectivity index (χ3v) is 2.93. The average molecular weight is 451 g/mol. The highest BCUT2D eigenvalue weighted by atomic mass is 79.9. The smallest absolute Gasteiger partial charge is 0.422 e. The van der Waals surface area contributed by atoms with Gasteiger partial charge in [-0.15, -0.1) is 0 Å². The Balaban J connectivity index is 0. The van der Waals surface area contributed by atoms with Crippen molar-refractivity contribution in [1.29, 1.82) is 5.26 Å². The molecule has 0 amide bonds. The Hall–Kier alpha value is -1.80. The number of ether oxygens (including phenoxy) is 1. The molecule has 148 valence electrons. The van der Waals surface area contributed by atoms with E-state index < -0.39 is 29.9 Å². The van der Waals surface area contributed by atoms with Crippen LogP contribution in [0.15, 0.2) is 35.3 Å². The standard InChI is InChI=1S/C8H10F3NO2.C6H3BrF3N.CH4/c1-2-14-6-4-7(13,3-5-12)8(9,10)11;7-5-3-4(1-2-11-5)6(8,9)10;/h4,6,13H,2-3H2,1H3;1-3H;1H4/b6-4+;;. The molecule has 1 N–H and O–H groups in total. The van der Waals surface area contributed by atoms with Crippen molar-refractivity contribution in [2.75, 3.05) is 6.61 Å². The van der Waals surface area contributed by atoms with Crippen molar-refractivity contribution in [2.45, 2.75) is 38.7 Å². The summed E-state index contributed by atoms with van der Waals surface area (Å²) in [6, 6.07) is 3.12. The Labute approximate surface area is 155 Å². The summed E-state index contributed by atoms with van der Waals surface area (Å²) in [5.74, 6) is 0. The topological polar surface area (TPSA) is 66.1 Å². The van der Waals surface area contributed by atoms with E-state index in [1.165, 1.54) is 6.07 Å². The molecule has 4 nitrogen and oxygen atoms in total. The summed E-state index contributed by atoms with van der Waals surface area (Å²) in [5.41, 5.74) is -3.82. The minimum Gasteiger partial charge on any atom is -0.502 e. The quantitative estimate of drug-likeness (QED) is 0.386. The molecule has 1 atom stereocenters. The summed E-state index contributed by atoms with van der Waals surface area (Å²) >= 11 is 2.84. The van der Waals surface area contributed by atoms with Crippen molar-refractivity contribution in [1.82, 2.24) is 4.98 Å². The SMILES string of the molecule is C.CCO/C=C/C(O)(CC#N)C(F)(F)F.FC(F)(F)c1ccnc(Br)c1. The zero-order chi connectivity index (χ0) is 19.7. The Morgan fingerprint density at radius 1 is 1.31 bits per heavy atom. The van der Waals surface area contributed by atoms with Crippen LogP contribution in [-0.2, 0) is 10.9 Å². The van der Waals surface area contributed by atoms with E-state index in [2.05, 4.69) is 25.7 Å². The normalized spacial score (nSPS) is 13.7. The minimum atomic E-state index is -4.88. The Morgan fingerprint density at radius 2 is 1.88 bits per heavy atom. The molecule has 26 heavy (non-hydrogen) atoms. The zero-order valence-electron chi connectivity index (χ0n) is 12.7. The van der Waals surface area contributed by atoms with Gasteiger partial charge in [-0.25, -0.2) is 4.98 Å². The fourth-order valence-corrected chi connectivity index (χ4v) is 1.57. The van der Waals surface area contributed by atoms with Gasteiger partial charge in [-0.3, -0.25) is 0 Å². The Bertz CT molecular complexity index is 613. The zero-order valence-corrected chi connectivity index (χ0v) is 14.3. The van der Waals surface area contributed by atoms with Crippen LogP contribution in [0.5, 0.6) is 0 Å². The van der Waals surface area contributed by atoms with Crippen LogP contribution in [0.25, 0.3) is 0 Å². The lowest BCUT2D eigenvalue weighted by Gasteiger charge is -2.24.